The van der Waals surface area contributed by atoms with Crippen molar-refractivity contribution in [1.82, 2.24) is 16.0 Å². The number of carboxylic acids is 2. The van der Waals surface area contributed by atoms with Crippen molar-refractivity contribution in [2.75, 3.05) is 0 Å². The number of nitrogens with two attached hydrogens (primary N) is 1. The van der Waals surface area contributed by atoms with Gasteiger partial charge < -0.3 is 42.1 Å². The Balaban J connectivity index is 3.13. The number of phenols is 1. The van der Waals surface area contributed by atoms with Gasteiger partial charge in [0.25, 0.3) is 0 Å². The Morgan fingerprint density at radius 1 is 0.889 bits per heavy atom. The molecule has 13 nitrogen and oxygen atoms in total. The van der Waals surface area contributed by atoms with Gasteiger partial charge in [-0.3, -0.25) is 19.2 Å². The van der Waals surface area contributed by atoms with Gasteiger partial charge in [-0.05, 0) is 30.5 Å². The van der Waals surface area contributed by atoms with Crippen LogP contribution in [0.3, 0.4) is 0 Å². The van der Waals surface area contributed by atoms with Gasteiger partial charge in [-0.2, -0.15) is 0 Å². The number of aromatic hydroxyl groups is 1. The molecule has 0 saturated heterocycles. The van der Waals surface area contributed by atoms with E-state index in [0.29, 0.717) is 12.0 Å². The molecule has 0 radical (unpaired) electrons. The van der Waals surface area contributed by atoms with E-state index in [9.17, 15) is 39.3 Å². The van der Waals surface area contributed by atoms with Crippen LogP contribution in [0, 0.1) is 5.92 Å². The fourth-order valence-corrected chi connectivity index (χ4v) is 3.22. The van der Waals surface area contributed by atoms with E-state index < -0.39 is 72.3 Å². The van der Waals surface area contributed by atoms with E-state index >= 15 is 0 Å². The number of carbonyl (C=O) groups is 5. The number of benzene rings is 1. The largest absolute Gasteiger partial charge is 0.508 e. The van der Waals surface area contributed by atoms with E-state index in [1.807, 2.05) is 0 Å². The van der Waals surface area contributed by atoms with Crippen LogP contribution in [0.4, 0.5) is 0 Å². The maximum Gasteiger partial charge on any atom is 0.326 e. The lowest BCUT2D eigenvalue weighted by atomic mass is 9.98. The average Bonchev–Trinajstić information content (AvgIpc) is 2.80. The predicted octanol–water partition coefficient (Wildman–Crippen LogP) is -1.30. The normalized spacial score (nSPS) is 15.9. The summed E-state index contributed by atoms with van der Waals surface area (Å²) in [4.78, 5) is 60.7. The van der Waals surface area contributed by atoms with Crippen molar-refractivity contribution in [2.45, 2.75) is 70.3 Å². The molecule has 0 heterocycles. The molecule has 1 rings (SSSR count). The zero-order valence-electron chi connectivity index (χ0n) is 20.3. The van der Waals surface area contributed by atoms with Crippen LogP contribution in [0.15, 0.2) is 24.3 Å². The van der Waals surface area contributed by atoms with Crippen molar-refractivity contribution in [2.24, 2.45) is 11.7 Å². The van der Waals surface area contributed by atoms with Crippen molar-refractivity contribution in [3.05, 3.63) is 29.8 Å². The number of amides is 3. The standard InChI is InChI=1S/C23H34N4O9/c1-4-11(2)18(23(35)36)26-22(34)19(12(3)28)27-21(33)16(9-13-5-7-14(29)8-6-13)25-20(32)15(24)10-17(30)31/h5-8,11-12,15-16,18-19,28-29H,4,9-10,24H2,1-3H3,(H,25,32)(H,26,34)(H,27,33)(H,30,31)(H,35,36). The Morgan fingerprint density at radius 3 is 1.92 bits per heavy atom. The molecule has 9 N–H and O–H groups in total. The molecule has 0 fully saturated rings. The SMILES string of the molecule is CCC(C)C(NC(=O)C(NC(=O)C(Cc1ccc(O)cc1)NC(=O)C(N)CC(=O)O)C(C)O)C(=O)O. The van der Waals surface area contributed by atoms with Crippen molar-refractivity contribution in [1.29, 1.82) is 0 Å². The number of carboxylic acid groups (broad SMARTS) is 2. The van der Waals surface area contributed by atoms with Crippen LogP contribution in [-0.4, -0.2) is 80.4 Å². The second-order valence-electron chi connectivity index (χ2n) is 8.57. The summed E-state index contributed by atoms with van der Waals surface area (Å²) in [7, 11) is 0. The van der Waals surface area contributed by atoms with Gasteiger partial charge in [-0.15, -0.1) is 0 Å². The summed E-state index contributed by atoms with van der Waals surface area (Å²) >= 11 is 0. The summed E-state index contributed by atoms with van der Waals surface area (Å²) in [5.41, 5.74) is 6.09. The third kappa shape index (κ3) is 9.50. The third-order valence-electron chi connectivity index (χ3n) is 5.58. The molecule has 6 unspecified atom stereocenters. The summed E-state index contributed by atoms with van der Waals surface area (Å²) < 4.78 is 0. The molecular formula is C23H34N4O9. The second kappa shape index (κ2) is 14.0. The highest BCUT2D eigenvalue weighted by molar-refractivity contribution is 5.95. The molecule has 0 aliphatic heterocycles. The van der Waals surface area contributed by atoms with Crippen molar-refractivity contribution >= 4 is 29.7 Å². The van der Waals surface area contributed by atoms with Crippen LogP contribution in [0.5, 0.6) is 5.75 Å². The molecule has 6 atom stereocenters. The van der Waals surface area contributed by atoms with E-state index in [-0.39, 0.29) is 12.2 Å². The minimum absolute atomic E-state index is 0.0348. The van der Waals surface area contributed by atoms with Crippen molar-refractivity contribution in [3.63, 3.8) is 0 Å². The molecule has 1 aromatic rings. The monoisotopic (exact) mass is 510 g/mol. The quantitative estimate of drug-likeness (QED) is 0.147. The lowest BCUT2D eigenvalue weighted by molar-refractivity contribution is -0.144. The Hall–Kier alpha value is -3.71. The molecule has 0 aromatic heterocycles. The third-order valence-corrected chi connectivity index (χ3v) is 5.58. The highest BCUT2D eigenvalue weighted by Crippen LogP contribution is 2.13. The van der Waals surface area contributed by atoms with Gasteiger partial charge in [-0.1, -0.05) is 32.4 Å². The first-order chi connectivity index (χ1) is 16.8. The lowest BCUT2D eigenvalue weighted by Gasteiger charge is -2.27. The molecule has 0 bridgehead atoms. The first-order valence-electron chi connectivity index (χ1n) is 11.3. The van der Waals surface area contributed by atoms with Gasteiger partial charge in [0.05, 0.1) is 18.6 Å². The van der Waals surface area contributed by atoms with Crippen LogP contribution in [-0.2, 0) is 30.4 Å². The van der Waals surface area contributed by atoms with Crippen molar-refractivity contribution in [3.8, 4) is 5.75 Å². The van der Waals surface area contributed by atoms with E-state index in [1.165, 1.54) is 31.2 Å². The molecule has 13 heteroatoms. The molecule has 200 valence electrons. The van der Waals surface area contributed by atoms with Crippen LogP contribution in [0.1, 0.15) is 39.2 Å². The molecule has 1 aromatic carbocycles. The number of hydrogen-bond donors (Lipinski definition) is 8. The van der Waals surface area contributed by atoms with E-state index in [0.717, 1.165) is 0 Å². The smallest absolute Gasteiger partial charge is 0.326 e. The molecule has 3 amide bonds. The maximum atomic E-state index is 13.1. The van der Waals surface area contributed by atoms with Gasteiger partial charge in [0.1, 0.15) is 23.9 Å². The van der Waals surface area contributed by atoms with Crippen molar-refractivity contribution < 1.29 is 44.4 Å². The number of carbonyl (C=O) groups excluding carboxylic acids is 3. The first-order valence-corrected chi connectivity index (χ1v) is 11.3. The Labute approximate surface area is 208 Å². The minimum Gasteiger partial charge on any atom is -0.508 e. The summed E-state index contributed by atoms with van der Waals surface area (Å²) in [6.07, 6.45) is -1.80. The predicted molar refractivity (Wildman–Crippen MR) is 127 cm³/mol. The molecule has 0 aliphatic rings. The Kier molecular flexibility index (Phi) is 11.8. The maximum absolute atomic E-state index is 13.1. The Morgan fingerprint density at radius 2 is 1.44 bits per heavy atom. The minimum atomic E-state index is -1.56. The molecule has 0 saturated carbocycles. The number of aliphatic hydroxyl groups is 1. The van der Waals surface area contributed by atoms with Gasteiger partial charge in [0.2, 0.25) is 17.7 Å². The van der Waals surface area contributed by atoms with Crippen LogP contribution < -0.4 is 21.7 Å². The van der Waals surface area contributed by atoms with E-state index in [1.54, 1.807) is 13.8 Å². The lowest BCUT2D eigenvalue weighted by Crippen LogP contribution is -2.60. The van der Waals surface area contributed by atoms with E-state index in [4.69, 9.17) is 10.8 Å². The Bertz CT molecular complexity index is 936. The molecule has 0 aliphatic carbocycles. The van der Waals surface area contributed by atoms with Crippen LogP contribution >= 0.6 is 0 Å². The number of nitrogens with one attached hydrogen (secondary N) is 3. The summed E-state index contributed by atoms with van der Waals surface area (Å²) in [6, 6.07) is 0.0615. The highest BCUT2D eigenvalue weighted by atomic mass is 16.4. The molecule has 36 heavy (non-hydrogen) atoms. The number of aliphatic carboxylic acids is 2. The van der Waals surface area contributed by atoms with Gasteiger partial charge in [0.15, 0.2) is 0 Å². The van der Waals surface area contributed by atoms with Crippen LogP contribution in [0.2, 0.25) is 0 Å². The molecular weight excluding hydrogens is 476 g/mol. The summed E-state index contributed by atoms with van der Waals surface area (Å²) in [5, 5.41) is 44.9. The zero-order chi connectivity index (χ0) is 27.6. The topological polar surface area (TPSA) is 228 Å². The fraction of sp³-hybridized carbons (Fsp3) is 0.522. The van der Waals surface area contributed by atoms with E-state index in [2.05, 4.69) is 16.0 Å². The number of rotatable bonds is 14. The number of aliphatic hydroxyl groups excluding tert-OH is 1. The zero-order valence-corrected chi connectivity index (χ0v) is 20.3. The molecule has 0 spiro atoms. The second-order valence-corrected chi connectivity index (χ2v) is 8.57. The number of hydrogen-bond acceptors (Lipinski definition) is 8. The van der Waals surface area contributed by atoms with Gasteiger partial charge in [-0.25, -0.2) is 4.79 Å². The van der Waals surface area contributed by atoms with Gasteiger partial charge in [0, 0.05) is 6.42 Å². The summed E-state index contributed by atoms with van der Waals surface area (Å²) in [6.45, 7) is 4.59. The average molecular weight is 511 g/mol. The highest BCUT2D eigenvalue weighted by Gasteiger charge is 2.34. The van der Waals surface area contributed by atoms with Crippen LogP contribution in [0.25, 0.3) is 0 Å². The summed E-state index contributed by atoms with van der Waals surface area (Å²) in [5.74, 6) is -5.85. The fourth-order valence-electron chi connectivity index (χ4n) is 3.22. The van der Waals surface area contributed by atoms with Gasteiger partial charge >= 0.3 is 11.9 Å². The first kappa shape index (κ1) is 30.3. The number of phenolic OH excluding ortho intramolecular Hbond substituents is 1.